The Bertz CT molecular complexity index is 1510. The van der Waals surface area contributed by atoms with E-state index >= 15 is 0 Å². The number of nitrogens with one attached hydrogen (secondary N) is 3. The fourth-order valence-electron chi connectivity index (χ4n) is 4.36. The number of nitrogens with zero attached hydrogens (tertiary/aromatic N) is 5. The Morgan fingerprint density at radius 2 is 1.97 bits per heavy atom. The van der Waals surface area contributed by atoms with E-state index in [1.54, 1.807) is 43.8 Å². The number of halogens is 1. The fourth-order valence-corrected chi connectivity index (χ4v) is 4.36. The summed E-state index contributed by atoms with van der Waals surface area (Å²) in [6.45, 7) is 7.04. The number of hydrogen-bond donors (Lipinski definition) is 3. The number of aromatic amines is 1. The van der Waals surface area contributed by atoms with Crippen molar-refractivity contribution in [3.05, 3.63) is 65.0 Å². The average molecular weight is 505 g/mol. The molecule has 0 aliphatic carbocycles. The predicted molar refractivity (Wildman–Crippen MR) is 143 cm³/mol. The molecule has 10 nitrogen and oxygen atoms in total. The lowest BCUT2D eigenvalue weighted by molar-refractivity contribution is 0.138. The van der Waals surface area contributed by atoms with Crippen molar-refractivity contribution in [2.24, 2.45) is 0 Å². The van der Waals surface area contributed by atoms with Gasteiger partial charge < -0.3 is 25.3 Å². The molecule has 1 aromatic carbocycles. The van der Waals surface area contributed by atoms with E-state index in [2.05, 4.69) is 61.3 Å². The van der Waals surface area contributed by atoms with Crippen molar-refractivity contribution in [1.82, 2.24) is 24.8 Å². The zero-order valence-electron chi connectivity index (χ0n) is 21.2. The lowest BCUT2D eigenvalue weighted by Gasteiger charge is -2.45. The number of ether oxygens (including phenoxy) is 1. The fraction of sp³-hybridized carbons (Fsp3) is 0.308. The molecule has 0 radical (unpaired) electrons. The second kappa shape index (κ2) is 9.66. The Labute approximate surface area is 213 Å². The van der Waals surface area contributed by atoms with Gasteiger partial charge in [0.05, 0.1) is 24.5 Å². The van der Waals surface area contributed by atoms with E-state index in [4.69, 9.17) is 4.74 Å². The summed E-state index contributed by atoms with van der Waals surface area (Å²) in [5.41, 5.74) is 0.621. The first-order valence-corrected chi connectivity index (χ1v) is 11.9. The van der Waals surface area contributed by atoms with Gasteiger partial charge in [0.25, 0.3) is 5.56 Å². The molecule has 1 aliphatic heterocycles. The zero-order valence-corrected chi connectivity index (χ0v) is 21.2. The number of anilines is 5. The molecule has 37 heavy (non-hydrogen) atoms. The highest BCUT2D eigenvalue weighted by Crippen LogP contribution is 2.32. The molecule has 5 rings (SSSR count). The Balaban J connectivity index is 1.35. The van der Waals surface area contributed by atoms with Crippen LogP contribution in [-0.4, -0.2) is 64.2 Å². The van der Waals surface area contributed by atoms with Gasteiger partial charge in [0.2, 0.25) is 5.95 Å². The van der Waals surface area contributed by atoms with Crippen LogP contribution in [0, 0.1) is 5.82 Å². The third-order valence-electron chi connectivity index (χ3n) is 6.67. The molecule has 3 aromatic heterocycles. The first-order valence-electron chi connectivity index (χ1n) is 11.9. The Kier molecular flexibility index (Phi) is 6.38. The molecule has 0 spiro atoms. The van der Waals surface area contributed by atoms with Gasteiger partial charge >= 0.3 is 0 Å². The molecular formula is C26H29FN8O2. The summed E-state index contributed by atoms with van der Waals surface area (Å²) in [6, 6.07) is 9.69. The molecule has 1 fully saturated rings. The molecule has 3 N–H and O–H groups in total. The first-order chi connectivity index (χ1) is 17.7. The van der Waals surface area contributed by atoms with E-state index in [1.165, 1.54) is 6.07 Å². The molecule has 0 amide bonds. The van der Waals surface area contributed by atoms with Gasteiger partial charge in [-0.25, -0.2) is 14.4 Å². The highest BCUT2D eigenvalue weighted by molar-refractivity contribution is 5.82. The van der Waals surface area contributed by atoms with Gasteiger partial charge in [0, 0.05) is 42.8 Å². The molecule has 0 unspecified atom stereocenters. The molecule has 4 heterocycles. The third-order valence-corrected chi connectivity index (χ3v) is 6.67. The maximum absolute atomic E-state index is 14.0. The summed E-state index contributed by atoms with van der Waals surface area (Å²) in [4.78, 5) is 33.0. The second-order valence-electron chi connectivity index (χ2n) is 9.64. The van der Waals surface area contributed by atoms with Crippen LogP contribution in [-0.2, 0) is 0 Å². The molecule has 192 valence electrons. The van der Waals surface area contributed by atoms with Gasteiger partial charge in [0.15, 0.2) is 11.6 Å². The number of aromatic nitrogens is 4. The van der Waals surface area contributed by atoms with E-state index < -0.39 is 11.4 Å². The molecule has 1 aliphatic rings. The van der Waals surface area contributed by atoms with Crippen LogP contribution in [0.4, 0.5) is 33.3 Å². The van der Waals surface area contributed by atoms with Gasteiger partial charge in [-0.3, -0.25) is 9.69 Å². The monoisotopic (exact) mass is 504 g/mol. The quantitative estimate of drug-likeness (QED) is 0.360. The number of fused-ring (bicyclic) bond motifs is 1. The number of rotatable bonds is 6. The largest absolute Gasteiger partial charge is 0.493 e. The lowest BCUT2D eigenvalue weighted by atomic mass is 10.00. The van der Waals surface area contributed by atoms with Gasteiger partial charge in [-0.2, -0.15) is 4.98 Å². The predicted octanol–water partition coefficient (Wildman–Crippen LogP) is 3.88. The summed E-state index contributed by atoms with van der Waals surface area (Å²) in [7, 11) is 3.76. The Morgan fingerprint density at radius 1 is 1.14 bits per heavy atom. The van der Waals surface area contributed by atoms with Crippen LogP contribution in [0.15, 0.2) is 53.6 Å². The number of hydrogen-bond acceptors (Lipinski definition) is 9. The van der Waals surface area contributed by atoms with Crippen LogP contribution in [0.1, 0.15) is 13.8 Å². The van der Waals surface area contributed by atoms with Crippen LogP contribution in [0.3, 0.4) is 0 Å². The zero-order chi connectivity index (χ0) is 26.2. The standard InChI is InChI=1S/C26H29FN8O2/c1-26(2)15-35(11-10-34(26)3)23-20(37-4)13-17(14-29-23)30-25-28-9-8-21(32-25)31-19-12-16-6-5-7-18(27)22(16)33-24(19)36/h5-9,12-14H,10-11,15H2,1-4H3,(H,33,36)(H2,28,30,31,32). The van der Waals surface area contributed by atoms with Crippen molar-refractivity contribution in [2.45, 2.75) is 19.4 Å². The van der Waals surface area contributed by atoms with Crippen molar-refractivity contribution in [3.63, 3.8) is 0 Å². The maximum Gasteiger partial charge on any atom is 0.272 e. The smallest absolute Gasteiger partial charge is 0.272 e. The van der Waals surface area contributed by atoms with Crippen molar-refractivity contribution in [2.75, 3.05) is 49.3 Å². The van der Waals surface area contributed by atoms with E-state index in [-0.39, 0.29) is 16.7 Å². The molecule has 4 aromatic rings. The van der Waals surface area contributed by atoms with Crippen LogP contribution in [0.25, 0.3) is 10.9 Å². The van der Waals surface area contributed by atoms with E-state index in [9.17, 15) is 9.18 Å². The van der Waals surface area contributed by atoms with Crippen molar-refractivity contribution in [3.8, 4) is 5.75 Å². The topological polar surface area (TPSA) is 111 Å². The summed E-state index contributed by atoms with van der Waals surface area (Å²) in [6.07, 6.45) is 3.28. The summed E-state index contributed by atoms with van der Waals surface area (Å²) < 4.78 is 19.6. The minimum atomic E-state index is -0.485. The SMILES string of the molecule is COc1cc(Nc2nccc(Nc3cc4cccc(F)c4[nH]c3=O)n2)cnc1N1CCN(C)C(C)(C)C1. The molecule has 11 heteroatoms. The van der Waals surface area contributed by atoms with Crippen LogP contribution < -0.4 is 25.8 Å². The second-order valence-corrected chi connectivity index (χ2v) is 9.64. The first kappa shape index (κ1) is 24.4. The average Bonchev–Trinajstić information content (AvgIpc) is 2.87. The molecule has 0 atom stereocenters. The maximum atomic E-state index is 14.0. The van der Waals surface area contributed by atoms with Crippen molar-refractivity contribution >= 4 is 39.9 Å². The lowest BCUT2D eigenvalue weighted by Crippen LogP contribution is -2.57. The number of benzene rings is 1. The van der Waals surface area contributed by atoms with Gasteiger partial charge in [0.1, 0.15) is 17.3 Å². The highest BCUT2D eigenvalue weighted by Gasteiger charge is 2.32. The normalized spacial score (nSPS) is 15.5. The number of piperazine rings is 1. The number of likely N-dealkylation sites (N-methyl/N-ethyl adjacent to an activating group) is 1. The van der Waals surface area contributed by atoms with Crippen molar-refractivity contribution < 1.29 is 9.13 Å². The third kappa shape index (κ3) is 5.03. The van der Waals surface area contributed by atoms with Crippen LogP contribution in [0.5, 0.6) is 5.75 Å². The number of H-pyrrole nitrogens is 1. The minimum Gasteiger partial charge on any atom is -0.493 e. The molecule has 0 saturated carbocycles. The van der Waals surface area contributed by atoms with Crippen LogP contribution in [0.2, 0.25) is 0 Å². The van der Waals surface area contributed by atoms with E-state index in [0.717, 1.165) is 25.5 Å². The number of para-hydroxylation sites is 1. The Morgan fingerprint density at radius 3 is 2.76 bits per heavy atom. The molecular weight excluding hydrogens is 475 g/mol. The van der Waals surface area contributed by atoms with E-state index in [0.29, 0.717) is 28.6 Å². The van der Waals surface area contributed by atoms with Crippen molar-refractivity contribution in [1.29, 1.82) is 0 Å². The van der Waals surface area contributed by atoms with Crippen LogP contribution >= 0.6 is 0 Å². The van der Waals surface area contributed by atoms with Gasteiger partial charge in [-0.15, -0.1) is 0 Å². The molecule has 0 bridgehead atoms. The number of methoxy groups -OCH3 is 1. The number of pyridine rings is 2. The van der Waals surface area contributed by atoms with Gasteiger partial charge in [-0.05, 0) is 39.1 Å². The highest BCUT2D eigenvalue weighted by atomic mass is 19.1. The molecule has 1 saturated heterocycles. The Hall–Kier alpha value is -4.25. The van der Waals surface area contributed by atoms with Gasteiger partial charge in [-0.1, -0.05) is 12.1 Å². The minimum absolute atomic E-state index is 0.0179. The summed E-state index contributed by atoms with van der Waals surface area (Å²) >= 11 is 0. The summed E-state index contributed by atoms with van der Waals surface area (Å²) in [5, 5.41) is 6.70. The van der Waals surface area contributed by atoms with E-state index in [1.807, 2.05) is 6.07 Å². The summed E-state index contributed by atoms with van der Waals surface area (Å²) in [5.74, 6) is 1.66.